The van der Waals surface area contributed by atoms with Crippen LogP contribution in [0.2, 0.25) is 0 Å². The van der Waals surface area contributed by atoms with Crippen molar-refractivity contribution in [3.63, 3.8) is 0 Å². The molecule has 84 valence electrons. The Morgan fingerprint density at radius 3 is 2.57 bits per heavy atom. The summed E-state index contributed by atoms with van der Waals surface area (Å²) >= 11 is 0. The largest absolute Gasteiger partial charge is 0.392 e. The van der Waals surface area contributed by atoms with Gasteiger partial charge in [-0.25, -0.2) is 0 Å². The van der Waals surface area contributed by atoms with Crippen LogP contribution in [-0.4, -0.2) is 36.8 Å². The second-order valence-electron chi connectivity index (χ2n) is 3.72. The number of amides is 1. The molecule has 0 aromatic rings. The fourth-order valence-electron chi connectivity index (χ4n) is 0.973. The van der Waals surface area contributed by atoms with Crippen molar-refractivity contribution in [1.82, 2.24) is 10.6 Å². The number of nitrogens with one attached hydrogen (secondary N) is 2. The molecule has 4 nitrogen and oxygen atoms in total. The number of hydrogen-bond donors (Lipinski definition) is 3. The molecule has 1 atom stereocenters. The van der Waals surface area contributed by atoms with Crippen molar-refractivity contribution in [2.45, 2.75) is 33.3 Å². The van der Waals surface area contributed by atoms with Crippen molar-refractivity contribution >= 4 is 5.91 Å². The summed E-state index contributed by atoms with van der Waals surface area (Å²) < 4.78 is 0. The molecule has 4 heteroatoms. The highest BCUT2D eigenvalue weighted by atomic mass is 16.3. The van der Waals surface area contributed by atoms with E-state index >= 15 is 0 Å². The van der Waals surface area contributed by atoms with Crippen LogP contribution in [0.5, 0.6) is 0 Å². The molecule has 0 rings (SSSR count). The molecule has 0 spiro atoms. The van der Waals surface area contributed by atoms with Crippen LogP contribution in [-0.2, 0) is 4.79 Å². The highest BCUT2D eigenvalue weighted by Crippen LogP contribution is 1.98. The lowest BCUT2D eigenvalue weighted by Crippen LogP contribution is -2.33. The number of hydrogen-bond acceptors (Lipinski definition) is 3. The van der Waals surface area contributed by atoms with Crippen molar-refractivity contribution < 1.29 is 9.90 Å². The van der Waals surface area contributed by atoms with E-state index in [2.05, 4.69) is 10.6 Å². The molecule has 0 aromatic carbocycles. The molecule has 0 saturated heterocycles. The van der Waals surface area contributed by atoms with Gasteiger partial charge in [0.25, 0.3) is 0 Å². The molecule has 14 heavy (non-hydrogen) atoms. The Morgan fingerprint density at radius 1 is 1.43 bits per heavy atom. The summed E-state index contributed by atoms with van der Waals surface area (Å²) in [5, 5.41) is 15.2. The fourth-order valence-corrected chi connectivity index (χ4v) is 0.973. The van der Waals surface area contributed by atoms with Crippen LogP contribution in [0.4, 0.5) is 0 Å². The van der Waals surface area contributed by atoms with Crippen LogP contribution in [0, 0.1) is 5.92 Å². The summed E-state index contributed by atoms with van der Waals surface area (Å²) in [6.45, 7) is 7.68. The third-order valence-corrected chi connectivity index (χ3v) is 2.03. The predicted molar refractivity (Wildman–Crippen MR) is 57.0 cm³/mol. The Balaban J connectivity index is 3.33. The Hall–Kier alpha value is -0.610. The molecular weight excluding hydrogens is 180 g/mol. The first-order valence-electron chi connectivity index (χ1n) is 5.23. The molecule has 0 aromatic heterocycles. The van der Waals surface area contributed by atoms with E-state index in [0.717, 1.165) is 0 Å². The van der Waals surface area contributed by atoms with Crippen molar-refractivity contribution in [3.8, 4) is 0 Å². The van der Waals surface area contributed by atoms with Crippen molar-refractivity contribution in [2.24, 2.45) is 5.92 Å². The molecule has 0 aliphatic carbocycles. The van der Waals surface area contributed by atoms with Crippen LogP contribution >= 0.6 is 0 Å². The van der Waals surface area contributed by atoms with Crippen molar-refractivity contribution in [2.75, 3.05) is 19.6 Å². The third kappa shape index (κ3) is 6.86. The van der Waals surface area contributed by atoms with E-state index in [4.69, 9.17) is 0 Å². The molecule has 0 bridgehead atoms. The Kier molecular flexibility index (Phi) is 7.42. The van der Waals surface area contributed by atoms with Gasteiger partial charge in [-0.15, -0.1) is 0 Å². The minimum absolute atomic E-state index is 0.0547. The lowest BCUT2D eigenvalue weighted by Gasteiger charge is -2.14. The van der Waals surface area contributed by atoms with Gasteiger partial charge in [0.1, 0.15) is 0 Å². The van der Waals surface area contributed by atoms with Crippen LogP contribution in [0.15, 0.2) is 0 Å². The number of aliphatic hydroxyl groups excluding tert-OH is 1. The maximum atomic E-state index is 11.0. The van der Waals surface area contributed by atoms with Gasteiger partial charge in [-0.05, 0) is 12.8 Å². The predicted octanol–water partition coefficient (Wildman–Crippen LogP) is 0.119. The Morgan fingerprint density at radius 2 is 2.07 bits per heavy atom. The summed E-state index contributed by atoms with van der Waals surface area (Å²) in [6.07, 6.45) is 0.141. The Bertz CT molecular complexity index is 160. The van der Waals surface area contributed by atoms with E-state index in [1.54, 1.807) is 0 Å². The van der Waals surface area contributed by atoms with Gasteiger partial charge in [0.15, 0.2) is 0 Å². The van der Waals surface area contributed by atoms with Gasteiger partial charge in [-0.3, -0.25) is 4.79 Å². The molecule has 0 saturated carbocycles. The maximum absolute atomic E-state index is 11.0. The van der Waals surface area contributed by atoms with E-state index in [0.29, 0.717) is 26.1 Å². The fraction of sp³-hybridized carbons (Fsp3) is 0.900. The smallest absolute Gasteiger partial charge is 0.221 e. The van der Waals surface area contributed by atoms with Crippen LogP contribution in [0.3, 0.4) is 0 Å². The summed E-state index contributed by atoms with van der Waals surface area (Å²) in [5.74, 6) is 0.311. The lowest BCUT2D eigenvalue weighted by atomic mass is 10.1. The molecule has 0 heterocycles. The van der Waals surface area contributed by atoms with Gasteiger partial charge < -0.3 is 15.7 Å². The molecule has 0 radical (unpaired) electrons. The summed E-state index contributed by atoms with van der Waals surface area (Å²) in [6, 6.07) is 0. The molecule has 1 unspecified atom stereocenters. The molecule has 3 N–H and O–H groups in total. The first kappa shape index (κ1) is 13.4. The monoisotopic (exact) mass is 202 g/mol. The van der Waals surface area contributed by atoms with E-state index < -0.39 is 0 Å². The molecular formula is C10H22N2O2. The SMILES string of the molecule is CCNC(=O)CCNCC(O)C(C)C. The normalized spacial score (nSPS) is 12.9. The minimum atomic E-state index is -0.329. The Labute approximate surface area is 86.1 Å². The zero-order chi connectivity index (χ0) is 11.0. The van der Waals surface area contributed by atoms with Gasteiger partial charge in [-0.2, -0.15) is 0 Å². The first-order valence-corrected chi connectivity index (χ1v) is 5.23. The number of carbonyl (C=O) groups is 1. The lowest BCUT2D eigenvalue weighted by molar-refractivity contribution is -0.120. The van der Waals surface area contributed by atoms with Crippen molar-refractivity contribution in [1.29, 1.82) is 0 Å². The highest BCUT2D eigenvalue weighted by molar-refractivity contribution is 5.75. The molecule has 0 aliphatic heterocycles. The summed E-state index contributed by atoms with van der Waals surface area (Å²) in [7, 11) is 0. The number of aliphatic hydroxyl groups is 1. The summed E-state index contributed by atoms with van der Waals surface area (Å²) in [5.41, 5.74) is 0. The van der Waals surface area contributed by atoms with Gasteiger partial charge >= 0.3 is 0 Å². The van der Waals surface area contributed by atoms with Gasteiger partial charge in [0.05, 0.1) is 6.10 Å². The van der Waals surface area contributed by atoms with Gasteiger partial charge in [-0.1, -0.05) is 13.8 Å². The average molecular weight is 202 g/mol. The van der Waals surface area contributed by atoms with E-state index in [-0.39, 0.29) is 17.9 Å². The van der Waals surface area contributed by atoms with Crippen LogP contribution in [0.1, 0.15) is 27.2 Å². The second-order valence-corrected chi connectivity index (χ2v) is 3.72. The van der Waals surface area contributed by atoms with E-state index in [1.165, 1.54) is 0 Å². The number of rotatable bonds is 7. The van der Waals surface area contributed by atoms with Crippen molar-refractivity contribution in [3.05, 3.63) is 0 Å². The van der Waals surface area contributed by atoms with Crippen LogP contribution in [0.25, 0.3) is 0 Å². The van der Waals surface area contributed by atoms with Gasteiger partial charge in [0.2, 0.25) is 5.91 Å². The van der Waals surface area contributed by atoms with E-state index in [1.807, 2.05) is 20.8 Å². The molecule has 0 fully saturated rings. The highest BCUT2D eigenvalue weighted by Gasteiger charge is 2.07. The second kappa shape index (κ2) is 7.76. The third-order valence-electron chi connectivity index (χ3n) is 2.03. The maximum Gasteiger partial charge on any atom is 0.221 e. The minimum Gasteiger partial charge on any atom is -0.392 e. The zero-order valence-electron chi connectivity index (χ0n) is 9.34. The zero-order valence-corrected chi connectivity index (χ0v) is 9.34. The topological polar surface area (TPSA) is 61.4 Å². The average Bonchev–Trinajstić information content (AvgIpc) is 2.12. The molecule has 1 amide bonds. The summed E-state index contributed by atoms with van der Waals surface area (Å²) in [4.78, 5) is 11.0. The number of carbonyl (C=O) groups excluding carboxylic acids is 1. The molecule has 0 aliphatic rings. The quantitative estimate of drug-likeness (QED) is 0.514. The van der Waals surface area contributed by atoms with Gasteiger partial charge in [0, 0.05) is 26.1 Å². The standard InChI is InChI=1S/C10H22N2O2/c1-4-12-10(14)5-6-11-7-9(13)8(2)3/h8-9,11,13H,4-7H2,1-3H3,(H,12,14). The van der Waals surface area contributed by atoms with E-state index in [9.17, 15) is 9.90 Å². The first-order chi connectivity index (χ1) is 6.57. The van der Waals surface area contributed by atoms with Crippen LogP contribution < -0.4 is 10.6 Å².